The molecule has 19 heavy (non-hydrogen) atoms. The van der Waals surface area contributed by atoms with Gasteiger partial charge in [0.1, 0.15) is 11.6 Å². The number of halogens is 2. The number of ether oxygens (including phenoxy) is 1. The minimum Gasteiger partial charge on any atom is -0.466 e. The minimum atomic E-state index is -1.10. The van der Waals surface area contributed by atoms with Gasteiger partial charge in [0.05, 0.1) is 18.6 Å². The van der Waals surface area contributed by atoms with Gasteiger partial charge in [0.25, 0.3) is 0 Å². The molecule has 0 aliphatic rings. The van der Waals surface area contributed by atoms with Gasteiger partial charge in [0, 0.05) is 5.56 Å². The highest BCUT2D eigenvalue weighted by molar-refractivity contribution is 5.71. The fourth-order valence-corrected chi connectivity index (χ4v) is 1.98. The maximum atomic E-state index is 13.9. The molecule has 1 aromatic carbocycles. The maximum Gasteiger partial charge on any atom is 0.308 e. The second kappa shape index (κ2) is 6.10. The van der Waals surface area contributed by atoms with Crippen molar-refractivity contribution in [2.24, 2.45) is 0 Å². The largest absolute Gasteiger partial charge is 0.466 e. The van der Waals surface area contributed by atoms with Crippen molar-refractivity contribution in [2.75, 3.05) is 20.7 Å². The second-order valence-electron chi connectivity index (χ2n) is 4.75. The Hall–Kier alpha value is -1.49. The monoisotopic (exact) mass is 271 g/mol. The third kappa shape index (κ3) is 3.29. The van der Waals surface area contributed by atoms with E-state index in [9.17, 15) is 13.6 Å². The number of hydrogen-bond acceptors (Lipinski definition) is 3. The summed E-state index contributed by atoms with van der Waals surface area (Å²) in [4.78, 5) is 13.3. The number of esters is 1. The third-order valence-corrected chi connectivity index (χ3v) is 3.28. The van der Waals surface area contributed by atoms with Gasteiger partial charge in [-0.2, -0.15) is 0 Å². The SMILES string of the molecule is CCOC(=O)CC(C)(c1c(F)cccc1F)N(C)C. The molecule has 5 heteroatoms. The molecule has 1 aromatic rings. The van der Waals surface area contributed by atoms with Crippen LogP contribution in [-0.2, 0) is 15.1 Å². The van der Waals surface area contributed by atoms with Gasteiger partial charge in [0.2, 0.25) is 0 Å². The smallest absolute Gasteiger partial charge is 0.308 e. The number of benzene rings is 1. The lowest BCUT2D eigenvalue weighted by Crippen LogP contribution is -2.42. The van der Waals surface area contributed by atoms with Crippen LogP contribution in [0.2, 0.25) is 0 Å². The third-order valence-electron chi connectivity index (χ3n) is 3.28. The van der Waals surface area contributed by atoms with E-state index >= 15 is 0 Å². The van der Waals surface area contributed by atoms with Gasteiger partial charge in [-0.05, 0) is 40.1 Å². The first-order valence-corrected chi connectivity index (χ1v) is 6.10. The highest BCUT2D eigenvalue weighted by atomic mass is 19.1. The van der Waals surface area contributed by atoms with Gasteiger partial charge in [-0.25, -0.2) is 8.78 Å². The van der Waals surface area contributed by atoms with Crippen molar-refractivity contribution in [3.63, 3.8) is 0 Å². The van der Waals surface area contributed by atoms with Crippen LogP contribution in [0.3, 0.4) is 0 Å². The fraction of sp³-hybridized carbons (Fsp3) is 0.500. The summed E-state index contributed by atoms with van der Waals surface area (Å²) in [5.41, 5.74) is -1.21. The first-order valence-electron chi connectivity index (χ1n) is 6.10. The molecule has 0 amide bonds. The molecule has 0 heterocycles. The zero-order chi connectivity index (χ0) is 14.6. The quantitative estimate of drug-likeness (QED) is 0.771. The van der Waals surface area contributed by atoms with Crippen molar-refractivity contribution in [3.8, 4) is 0 Å². The molecule has 0 N–H and O–H groups in total. The van der Waals surface area contributed by atoms with E-state index in [1.807, 2.05) is 0 Å². The fourth-order valence-electron chi connectivity index (χ4n) is 1.98. The standard InChI is InChI=1S/C14H19F2NO2/c1-5-19-12(18)9-14(2,17(3)4)13-10(15)7-6-8-11(13)16/h6-8H,5,9H2,1-4H3. The molecule has 106 valence electrons. The molecule has 1 atom stereocenters. The lowest BCUT2D eigenvalue weighted by molar-refractivity contribution is -0.146. The summed E-state index contributed by atoms with van der Waals surface area (Å²) < 4.78 is 32.7. The summed E-state index contributed by atoms with van der Waals surface area (Å²) in [5.74, 6) is -1.82. The molecule has 0 radical (unpaired) electrons. The highest BCUT2D eigenvalue weighted by Gasteiger charge is 2.37. The molecule has 0 aliphatic carbocycles. The van der Waals surface area contributed by atoms with Crippen LogP contribution in [0.25, 0.3) is 0 Å². The van der Waals surface area contributed by atoms with E-state index in [1.165, 1.54) is 18.2 Å². The van der Waals surface area contributed by atoms with Crippen molar-refractivity contribution in [3.05, 3.63) is 35.4 Å². The Labute approximate surface area is 112 Å². The van der Waals surface area contributed by atoms with Crippen LogP contribution < -0.4 is 0 Å². The van der Waals surface area contributed by atoms with Crippen LogP contribution in [0.1, 0.15) is 25.8 Å². The van der Waals surface area contributed by atoms with Crippen LogP contribution in [0.4, 0.5) is 8.78 Å². The Morgan fingerprint density at radius 2 is 1.84 bits per heavy atom. The molecule has 1 unspecified atom stereocenters. The normalized spacial score (nSPS) is 14.3. The van der Waals surface area contributed by atoms with Crippen LogP contribution in [0, 0.1) is 11.6 Å². The van der Waals surface area contributed by atoms with Crippen molar-refractivity contribution < 1.29 is 18.3 Å². The van der Waals surface area contributed by atoms with E-state index in [0.29, 0.717) is 0 Å². The van der Waals surface area contributed by atoms with E-state index in [1.54, 1.807) is 32.8 Å². The van der Waals surface area contributed by atoms with E-state index in [0.717, 1.165) is 0 Å². The Kier molecular flexibility index (Phi) is 5.00. The summed E-state index contributed by atoms with van der Waals surface area (Å²) in [6.45, 7) is 3.54. The number of hydrogen-bond donors (Lipinski definition) is 0. The first-order chi connectivity index (χ1) is 8.82. The van der Waals surface area contributed by atoms with Crippen molar-refractivity contribution in [2.45, 2.75) is 25.8 Å². The molecule has 3 nitrogen and oxygen atoms in total. The molecule has 0 aromatic heterocycles. The van der Waals surface area contributed by atoms with E-state index < -0.39 is 23.1 Å². The number of rotatable bonds is 5. The number of carbonyl (C=O) groups excluding carboxylic acids is 1. The summed E-state index contributed by atoms with van der Waals surface area (Å²) in [7, 11) is 3.34. The molecule has 0 saturated carbocycles. The summed E-state index contributed by atoms with van der Waals surface area (Å²) >= 11 is 0. The molecule has 0 fully saturated rings. The topological polar surface area (TPSA) is 29.5 Å². The molecule has 0 saturated heterocycles. The van der Waals surface area contributed by atoms with Crippen LogP contribution in [-0.4, -0.2) is 31.6 Å². The predicted octanol–water partition coefficient (Wildman–Crippen LogP) is 2.69. The van der Waals surface area contributed by atoms with Gasteiger partial charge in [-0.15, -0.1) is 0 Å². The molecule has 0 spiro atoms. The van der Waals surface area contributed by atoms with Gasteiger partial charge >= 0.3 is 5.97 Å². The lowest BCUT2D eigenvalue weighted by atomic mass is 9.86. The first kappa shape index (κ1) is 15.6. The Balaban J connectivity index is 3.23. The average molecular weight is 271 g/mol. The number of carbonyl (C=O) groups is 1. The van der Waals surface area contributed by atoms with Gasteiger partial charge in [-0.3, -0.25) is 9.69 Å². The van der Waals surface area contributed by atoms with Crippen molar-refractivity contribution >= 4 is 5.97 Å². The number of nitrogens with zero attached hydrogens (tertiary/aromatic N) is 1. The van der Waals surface area contributed by atoms with Gasteiger partial charge < -0.3 is 4.74 Å². The molecular formula is C14H19F2NO2. The zero-order valence-corrected chi connectivity index (χ0v) is 11.7. The van der Waals surface area contributed by atoms with Crippen LogP contribution in [0.15, 0.2) is 18.2 Å². The van der Waals surface area contributed by atoms with E-state index in [2.05, 4.69) is 0 Å². The van der Waals surface area contributed by atoms with Crippen molar-refractivity contribution in [1.29, 1.82) is 0 Å². The zero-order valence-electron chi connectivity index (χ0n) is 11.7. The Morgan fingerprint density at radius 3 is 2.26 bits per heavy atom. The van der Waals surface area contributed by atoms with Crippen LogP contribution >= 0.6 is 0 Å². The summed E-state index contributed by atoms with van der Waals surface area (Å²) in [5, 5.41) is 0. The molecule has 0 bridgehead atoms. The maximum absolute atomic E-state index is 13.9. The molecular weight excluding hydrogens is 252 g/mol. The minimum absolute atomic E-state index is 0.118. The summed E-state index contributed by atoms with van der Waals surface area (Å²) in [6.07, 6.45) is -0.119. The molecule has 1 rings (SSSR count). The predicted molar refractivity (Wildman–Crippen MR) is 68.6 cm³/mol. The van der Waals surface area contributed by atoms with Crippen molar-refractivity contribution in [1.82, 2.24) is 4.90 Å². The van der Waals surface area contributed by atoms with Gasteiger partial charge in [0.15, 0.2) is 0 Å². The van der Waals surface area contributed by atoms with Gasteiger partial charge in [-0.1, -0.05) is 6.07 Å². The van der Waals surface area contributed by atoms with E-state index in [-0.39, 0.29) is 18.6 Å². The second-order valence-corrected chi connectivity index (χ2v) is 4.75. The van der Waals surface area contributed by atoms with Crippen LogP contribution in [0.5, 0.6) is 0 Å². The Morgan fingerprint density at radius 1 is 1.32 bits per heavy atom. The highest BCUT2D eigenvalue weighted by Crippen LogP contribution is 2.34. The Bertz CT molecular complexity index is 443. The molecule has 0 aliphatic heterocycles. The summed E-state index contributed by atoms with van der Waals surface area (Å²) in [6, 6.07) is 3.67. The van der Waals surface area contributed by atoms with E-state index in [4.69, 9.17) is 4.74 Å². The average Bonchev–Trinajstić information content (AvgIpc) is 2.28. The lowest BCUT2D eigenvalue weighted by Gasteiger charge is -2.36.